The van der Waals surface area contributed by atoms with Crippen molar-refractivity contribution >= 4 is 11.9 Å². The molecule has 1 aromatic rings. The predicted molar refractivity (Wildman–Crippen MR) is 65.8 cm³/mol. The summed E-state index contributed by atoms with van der Waals surface area (Å²) in [5.74, 6) is 0.275. The number of hydrogen-bond donors (Lipinski definition) is 2. The second kappa shape index (κ2) is 4.93. The maximum absolute atomic E-state index is 11.4. The van der Waals surface area contributed by atoms with Crippen molar-refractivity contribution in [3.63, 3.8) is 0 Å². The van der Waals surface area contributed by atoms with Crippen LogP contribution in [-0.4, -0.2) is 35.7 Å². The van der Waals surface area contributed by atoms with Crippen molar-refractivity contribution in [2.45, 2.75) is 26.8 Å². The number of carbonyl (C=O) groups is 1. The summed E-state index contributed by atoms with van der Waals surface area (Å²) in [5, 5.41) is 11.1. The molecule has 7 nitrogen and oxygen atoms in total. The number of rotatable bonds is 5. The van der Waals surface area contributed by atoms with E-state index in [1.807, 2.05) is 18.7 Å². The number of amides is 1. The topological polar surface area (TPSA) is 97.3 Å². The van der Waals surface area contributed by atoms with Crippen LogP contribution in [0.3, 0.4) is 0 Å². The summed E-state index contributed by atoms with van der Waals surface area (Å²) in [7, 11) is 0. The predicted octanol–water partition coefficient (Wildman–Crippen LogP) is -0.119. The standard InChI is InChI=1S/C11H19N5O2/c1-3-13-6-8-14-15-10(18-8)16-5-4-11(2,7-16)9(12)17/h13H,3-7H2,1-2H3,(H2,12,17). The summed E-state index contributed by atoms with van der Waals surface area (Å²) in [4.78, 5) is 13.3. The van der Waals surface area contributed by atoms with Crippen LogP contribution in [0.15, 0.2) is 4.42 Å². The maximum atomic E-state index is 11.4. The number of nitrogens with zero attached hydrogens (tertiary/aromatic N) is 3. The molecule has 1 fully saturated rings. The van der Waals surface area contributed by atoms with Gasteiger partial charge in [0.15, 0.2) is 0 Å². The highest BCUT2D eigenvalue weighted by molar-refractivity contribution is 5.81. The molecule has 0 bridgehead atoms. The van der Waals surface area contributed by atoms with Gasteiger partial charge in [-0.25, -0.2) is 0 Å². The Morgan fingerprint density at radius 2 is 2.39 bits per heavy atom. The number of aromatic nitrogens is 2. The van der Waals surface area contributed by atoms with Crippen molar-refractivity contribution in [3.05, 3.63) is 5.89 Å². The summed E-state index contributed by atoms with van der Waals surface area (Å²) in [6.07, 6.45) is 0.716. The molecule has 2 heterocycles. The molecule has 1 aliphatic rings. The van der Waals surface area contributed by atoms with Crippen molar-refractivity contribution in [2.24, 2.45) is 11.1 Å². The van der Waals surface area contributed by atoms with E-state index in [0.717, 1.165) is 6.54 Å². The average Bonchev–Trinajstić information content (AvgIpc) is 2.93. The molecule has 100 valence electrons. The third-order valence-corrected chi connectivity index (χ3v) is 3.32. The lowest BCUT2D eigenvalue weighted by molar-refractivity contribution is -0.125. The Kier molecular flexibility index (Phi) is 3.51. The minimum absolute atomic E-state index is 0.280. The van der Waals surface area contributed by atoms with E-state index in [4.69, 9.17) is 10.2 Å². The number of nitrogens with one attached hydrogen (secondary N) is 1. The summed E-state index contributed by atoms with van der Waals surface area (Å²) >= 11 is 0. The highest BCUT2D eigenvalue weighted by Crippen LogP contribution is 2.32. The van der Waals surface area contributed by atoms with Crippen LogP contribution in [0.4, 0.5) is 6.01 Å². The van der Waals surface area contributed by atoms with Crippen LogP contribution in [0.1, 0.15) is 26.2 Å². The SMILES string of the molecule is CCNCc1nnc(N2CCC(C)(C(N)=O)C2)o1. The van der Waals surface area contributed by atoms with E-state index in [2.05, 4.69) is 15.5 Å². The van der Waals surface area contributed by atoms with Gasteiger partial charge in [0.05, 0.1) is 12.0 Å². The van der Waals surface area contributed by atoms with Crippen LogP contribution in [0.5, 0.6) is 0 Å². The Hall–Kier alpha value is -1.63. The van der Waals surface area contributed by atoms with Crippen molar-refractivity contribution < 1.29 is 9.21 Å². The van der Waals surface area contributed by atoms with Gasteiger partial charge in [0.25, 0.3) is 0 Å². The molecule has 0 saturated carbocycles. The number of hydrogen-bond acceptors (Lipinski definition) is 6. The Bertz CT molecular complexity index is 433. The summed E-state index contributed by atoms with van der Waals surface area (Å²) in [5.41, 5.74) is 4.90. The molecule has 1 unspecified atom stereocenters. The first-order valence-corrected chi connectivity index (χ1v) is 6.13. The van der Waals surface area contributed by atoms with Gasteiger partial charge in [-0.05, 0) is 19.9 Å². The smallest absolute Gasteiger partial charge is 0.318 e. The highest BCUT2D eigenvalue weighted by Gasteiger charge is 2.40. The molecule has 0 radical (unpaired) electrons. The first-order chi connectivity index (χ1) is 8.55. The fourth-order valence-electron chi connectivity index (χ4n) is 2.00. The number of primary amides is 1. The van der Waals surface area contributed by atoms with Crippen LogP contribution in [0.25, 0.3) is 0 Å². The zero-order valence-electron chi connectivity index (χ0n) is 10.8. The zero-order chi connectivity index (χ0) is 13.2. The van der Waals surface area contributed by atoms with E-state index in [1.54, 1.807) is 0 Å². The summed E-state index contributed by atoms with van der Waals surface area (Å²) < 4.78 is 5.53. The molecular weight excluding hydrogens is 234 g/mol. The molecule has 0 aromatic carbocycles. The maximum Gasteiger partial charge on any atom is 0.318 e. The molecule has 1 aromatic heterocycles. The molecule has 1 aliphatic heterocycles. The van der Waals surface area contributed by atoms with Gasteiger partial charge in [-0.1, -0.05) is 12.0 Å². The van der Waals surface area contributed by atoms with Crippen LogP contribution in [0.2, 0.25) is 0 Å². The average molecular weight is 253 g/mol. The highest BCUT2D eigenvalue weighted by atomic mass is 16.4. The molecule has 2 rings (SSSR count). The van der Waals surface area contributed by atoms with Crippen molar-refractivity contribution in [2.75, 3.05) is 24.5 Å². The van der Waals surface area contributed by atoms with E-state index in [1.165, 1.54) is 0 Å². The molecule has 1 atom stereocenters. The van der Waals surface area contributed by atoms with Crippen molar-refractivity contribution in [3.8, 4) is 0 Å². The Morgan fingerprint density at radius 3 is 3.00 bits per heavy atom. The third-order valence-electron chi connectivity index (χ3n) is 3.32. The third kappa shape index (κ3) is 2.45. The largest absolute Gasteiger partial charge is 0.407 e. The van der Waals surface area contributed by atoms with Gasteiger partial charge < -0.3 is 20.4 Å². The van der Waals surface area contributed by atoms with Gasteiger partial charge in [-0.2, -0.15) is 0 Å². The Morgan fingerprint density at radius 1 is 1.61 bits per heavy atom. The lowest BCUT2D eigenvalue weighted by Gasteiger charge is -2.19. The molecule has 7 heteroatoms. The summed E-state index contributed by atoms with van der Waals surface area (Å²) in [6.45, 7) is 6.53. The van der Waals surface area contributed by atoms with Crippen molar-refractivity contribution in [1.29, 1.82) is 0 Å². The second-order valence-corrected chi connectivity index (χ2v) is 4.86. The van der Waals surface area contributed by atoms with Gasteiger partial charge in [-0.3, -0.25) is 4.79 Å². The lowest BCUT2D eigenvalue weighted by Crippen LogP contribution is -2.37. The second-order valence-electron chi connectivity index (χ2n) is 4.86. The number of nitrogens with two attached hydrogens (primary N) is 1. The van der Waals surface area contributed by atoms with Crippen LogP contribution in [0, 0.1) is 5.41 Å². The zero-order valence-corrected chi connectivity index (χ0v) is 10.8. The minimum atomic E-state index is -0.504. The van der Waals surface area contributed by atoms with Gasteiger partial charge in [0.2, 0.25) is 11.8 Å². The number of anilines is 1. The first kappa shape index (κ1) is 12.8. The fraction of sp³-hybridized carbons (Fsp3) is 0.727. The van der Waals surface area contributed by atoms with Crippen LogP contribution in [-0.2, 0) is 11.3 Å². The monoisotopic (exact) mass is 253 g/mol. The van der Waals surface area contributed by atoms with Gasteiger partial charge in [0, 0.05) is 13.1 Å². The van der Waals surface area contributed by atoms with E-state index < -0.39 is 5.41 Å². The quantitative estimate of drug-likeness (QED) is 0.759. The van der Waals surface area contributed by atoms with Gasteiger partial charge in [-0.15, -0.1) is 5.10 Å². The van der Waals surface area contributed by atoms with E-state index in [-0.39, 0.29) is 5.91 Å². The molecule has 3 N–H and O–H groups in total. The first-order valence-electron chi connectivity index (χ1n) is 6.13. The Labute approximate surface area is 106 Å². The molecule has 18 heavy (non-hydrogen) atoms. The molecular formula is C11H19N5O2. The minimum Gasteiger partial charge on any atom is -0.407 e. The molecule has 0 aliphatic carbocycles. The normalized spacial score (nSPS) is 23.6. The van der Waals surface area contributed by atoms with E-state index in [9.17, 15) is 4.79 Å². The molecule has 1 saturated heterocycles. The molecule has 0 spiro atoms. The lowest BCUT2D eigenvalue weighted by atomic mass is 9.89. The van der Waals surface area contributed by atoms with Crippen LogP contribution < -0.4 is 16.0 Å². The fourth-order valence-corrected chi connectivity index (χ4v) is 2.00. The van der Waals surface area contributed by atoms with E-state index >= 15 is 0 Å². The Balaban J connectivity index is 2.01. The van der Waals surface area contributed by atoms with Gasteiger partial charge in [0.1, 0.15) is 0 Å². The van der Waals surface area contributed by atoms with Gasteiger partial charge >= 0.3 is 6.01 Å². The van der Waals surface area contributed by atoms with Crippen molar-refractivity contribution in [1.82, 2.24) is 15.5 Å². The molecule has 1 amide bonds. The number of carbonyl (C=O) groups excluding carboxylic acids is 1. The van der Waals surface area contributed by atoms with E-state index in [0.29, 0.717) is 38.0 Å². The van der Waals surface area contributed by atoms with Crippen LogP contribution >= 0.6 is 0 Å². The summed E-state index contributed by atoms with van der Waals surface area (Å²) in [6, 6.07) is 0.466.